The molecule has 1 aromatic heterocycles. The van der Waals surface area contributed by atoms with E-state index < -0.39 is 0 Å². The number of nitrogens with zero attached hydrogens (tertiary/aromatic N) is 1. The van der Waals surface area contributed by atoms with Crippen LogP contribution in [0, 0.1) is 5.92 Å². The van der Waals surface area contributed by atoms with Gasteiger partial charge < -0.3 is 5.73 Å². The fourth-order valence-electron chi connectivity index (χ4n) is 2.50. The highest BCUT2D eigenvalue weighted by molar-refractivity contribution is 7.09. The highest BCUT2D eigenvalue weighted by Gasteiger charge is 2.28. The summed E-state index contributed by atoms with van der Waals surface area (Å²) in [5.74, 6) is 0.790. The van der Waals surface area contributed by atoms with E-state index in [1.165, 1.54) is 43.5 Å². The van der Waals surface area contributed by atoms with Crippen LogP contribution in [-0.4, -0.2) is 24.0 Å². The number of thiophene rings is 1. The lowest BCUT2D eigenvalue weighted by atomic mass is 10.0. The minimum absolute atomic E-state index is 0.790. The highest BCUT2D eigenvalue weighted by atomic mass is 32.1. The van der Waals surface area contributed by atoms with Crippen molar-refractivity contribution >= 4 is 11.3 Å². The molecule has 2 N–H and O–H groups in total. The van der Waals surface area contributed by atoms with E-state index in [2.05, 4.69) is 29.3 Å². The lowest BCUT2D eigenvalue weighted by Crippen LogP contribution is -2.26. The van der Waals surface area contributed by atoms with Gasteiger partial charge in [0.05, 0.1) is 0 Å². The van der Waals surface area contributed by atoms with E-state index in [-0.39, 0.29) is 0 Å². The van der Waals surface area contributed by atoms with Crippen molar-refractivity contribution in [3.63, 3.8) is 0 Å². The third-order valence-electron chi connectivity index (χ3n) is 3.80. The first-order chi connectivity index (χ1) is 8.79. The van der Waals surface area contributed by atoms with Crippen molar-refractivity contribution in [2.45, 2.75) is 51.6 Å². The summed E-state index contributed by atoms with van der Waals surface area (Å²) in [6.07, 6.45) is 6.63. The molecule has 1 atom stereocenters. The van der Waals surface area contributed by atoms with E-state index >= 15 is 0 Å². The summed E-state index contributed by atoms with van der Waals surface area (Å²) in [5, 5.41) is 2.18. The number of rotatable bonds is 9. The Morgan fingerprint density at radius 1 is 1.44 bits per heavy atom. The minimum atomic E-state index is 0.790. The van der Waals surface area contributed by atoms with Gasteiger partial charge in [-0.15, -0.1) is 11.3 Å². The molecule has 3 heteroatoms. The Morgan fingerprint density at radius 2 is 2.28 bits per heavy atom. The molecular formula is C15H26N2S. The molecule has 102 valence electrons. The van der Waals surface area contributed by atoms with Gasteiger partial charge in [0.2, 0.25) is 0 Å². The van der Waals surface area contributed by atoms with Gasteiger partial charge in [-0.05, 0) is 62.6 Å². The van der Waals surface area contributed by atoms with Crippen LogP contribution in [0.4, 0.5) is 0 Å². The summed E-state index contributed by atoms with van der Waals surface area (Å²) < 4.78 is 0. The van der Waals surface area contributed by atoms with Crippen LogP contribution in [0.3, 0.4) is 0 Å². The van der Waals surface area contributed by atoms with Crippen molar-refractivity contribution < 1.29 is 0 Å². The standard InChI is InChI=1S/C15H26N2S/c1-13(8-9-16)4-2-10-17(14-6-7-14)12-15-5-3-11-18-15/h3,5,11,13-14H,2,4,6-10,12,16H2,1H3. The second-order valence-electron chi connectivity index (χ2n) is 5.61. The highest BCUT2D eigenvalue weighted by Crippen LogP contribution is 2.29. The van der Waals surface area contributed by atoms with Crippen molar-refractivity contribution in [3.05, 3.63) is 22.4 Å². The van der Waals surface area contributed by atoms with E-state index in [1.807, 2.05) is 11.3 Å². The van der Waals surface area contributed by atoms with Crippen LogP contribution >= 0.6 is 11.3 Å². The number of nitrogens with two attached hydrogens (primary N) is 1. The quantitative estimate of drug-likeness (QED) is 0.741. The maximum Gasteiger partial charge on any atom is 0.0330 e. The largest absolute Gasteiger partial charge is 0.330 e. The van der Waals surface area contributed by atoms with E-state index in [9.17, 15) is 0 Å². The van der Waals surface area contributed by atoms with Crippen molar-refractivity contribution in [3.8, 4) is 0 Å². The predicted molar refractivity (Wildman–Crippen MR) is 79.8 cm³/mol. The van der Waals surface area contributed by atoms with Crippen LogP contribution in [0.15, 0.2) is 17.5 Å². The zero-order chi connectivity index (χ0) is 12.8. The summed E-state index contributed by atoms with van der Waals surface area (Å²) >= 11 is 1.89. The molecule has 2 nitrogen and oxygen atoms in total. The fraction of sp³-hybridized carbons (Fsp3) is 0.733. The van der Waals surface area contributed by atoms with Gasteiger partial charge in [-0.3, -0.25) is 4.90 Å². The van der Waals surface area contributed by atoms with Gasteiger partial charge in [-0.25, -0.2) is 0 Å². The molecule has 1 aliphatic carbocycles. The Kier molecular flexibility index (Phi) is 5.67. The molecule has 0 bridgehead atoms. The number of hydrogen-bond acceptors (Lipinski definition) is 3. The van der Waals surface area contributed by atoms with Gasteiger partial charge in [-0.1, -0.05) is 13.0 Å². The van der Waals surface area contributed by atoms with Crippen LogP contribution < -0.4 is 5.73 Å². The summed E-state index contributed by atoms with van der Waals surface area (Å²) in [4.78, 5) is 4.19. The molecule has 1 fully saturated rings. The summed E-state index contributed by atoms with van der Waals surface area (Å²) in [6, 6.07) is 5.29. The lowest BCUT2D eigenvalue weighted by molar-refractivity contribution is 0.245. The molecule has 0 amide bonds. The van der Waals surface area contributed by atoms with Crippen molar-refractivity contribution in [2.24, 2.45) is 11.7 Å². The first kappa shape index (κ1) is 14.0. The van der Waals surface area contributed by atoms with Gasteiger partial charge in [-0.2, -0.15) is 0 Å². The normalized spacial score (nSPS) is 17.3. The zero-order valence-corrected chi connectivity index (χ0v) is 12.3. The lowest BCUT2D eigenvalue weighted by Gasteiger charge is -2.22. The molecule has 0 aliphatic heterocycles. The smallest absolute Gasteiger partial charge is 0.0330 e. The first-order valence-electron chi connectivity index (χ1n) is 7.26. The van der Waals surface area contributed by atoms with Crippen LogP contribution in [-0.2, 0) is 6.54 Å². The summed E-state index contributed by atoms with van der Waals surface area (Å²) in [5.41, 5.74) is 5.60. The molecule has 1 aromatic rings. The summed E-state index contributed by atoms with van der Waals surface area (Å²) in [7, 11) is 0. The number of hydrogen-bond donors (Lipinski definition) is 1. The summed E-state index contributed by atoms with van der Waals surface area (Å²) in [6.45, 7) is 5.58. The molecular weight excluding hydrogens is 240 g/mol. The Morgan fingerprint density at radius 3 is 2.89 bits per heavy atom. The molecule has 1 heterocycles. The molecule has 18 heavy (non-hydrogen) atoms. The zero-order valence-electron chi connectivity index (χ0n) is 11.5. The maximum absolute atomic E-state index is 5.60. The maximum atomic E-state index is 5.60. The van der Waals surface area contributed by atoms with Crippen LogP contribution in [0.25, 0.3) is 0 Å². The SMILES string of the molecule is CC(CCN)CCCN(Cc1cccs1)C1CC1. The van der Waals surface area contributed by atoms with E-state index in [0.29, 0.717) is 0 Å². The molecule has 1 aliphatic rings. The molecule has 2 rings (SSSR count). The van der Waals surface area contributed by atoms with Gasteiger partial charge >= 0.3 is 0 Å². The van der Waals surface area contributed by atoms with E-state index in [4.69, 9.17) is 5.73 Å². The second-order valence-corrected chi connectivity index (χ2v) is 6.64. The molecule has 1 saturated carbocycles. The van der Waals surface area contributed by atoms with Crippen LogP contribution in [0.2, 0.25) is 0 Å². The first-order valence-corrected chi connectivity index (χ1v) is 8.14. The van der Waals surface area contributed by atoms with Gasteiger partial charge in [0.1, 0.15) is 0 Å². The van der Waals surface area contributed by atoms with E-state index in [0.717, 1.165) is 25.0 Å². The third kappa shape index (κ3) is 4.71. The Labute approximate surface area is 115 Å². The molecule has 0 aromatic carbocycles. The van der Waals surface area contributed by atoms with Gasteiger partial charge in [0.15, 0.2) is 0 Å². The van der Waals surface area contributed by atoms with Crippen LogP contribution in [0.5, 0.6) is 0 Å². The topological polar surface area (TPSA) is 29.3 Å². The van der Waals surface area contributed by atoms with Crippen molar-refractivity contribution in [2.75, 3.05) is 13.1 Å². The molecule has 0 saturated heterocycles. The molecule has 0 spiro atoms. The molecule has 1 unspecified atom stereocenters. The van der Waals surface area contributed by atoms with Gasteiger partial charge in [0, 0.05) is 17.5 Å². The third-order valence-corrected chi connectivity index (χ3v) is 4.67. The molecule has 0 radical (unpaired) electrons. The average molecular weight is 266 g/mol. The van der Waals surface area contributed by atoms with Crippen LogP contribution in [0.1, 0.15) is 43.9 Å². The Balaban J connectivity index is 1.70. The minimum Gasteiger partial charge on any atom is -0.330 e. The fourth-order valence-corrected chi connectivity index (χ4v) is 3.23. The van der Waals surface area contributed by atoms with Crippen molar-refractivity contribution in [1.29, 1.82) is 0 Å². The average Bonchev–Trinajstić information content (AvgIpc) is 3.07. The van der Waals surface area contributed by atoms with Gasteiger partial charge in [0.25, 0.3) is 0 Å². The Bertz CT molecular complexity index is 319. The Hall–Kier alpha value is -0.380. The van der Waals surface area contributed by atoms with Crippen molar-refractivity contribution in [1.82, 2.24) is 4.90 Å². The predicted octanol–water partition coefficient (Wildman–Crippen LogP) is 3.48. The monoisotopic (exact) mass is 266 g/mol. The van der Waals surface area contributed by atoms with E-state index in [1.54, 1.807) is 0 Å². The second kappa shape index (κ2) is 7.27.